The maximum absolute atomic E-state index is 12.8. The minimum Gasteiger partial charge on any atom is -0.454 e. The van der Waals surface area contributed by atoms with Crippen molar-refractivity contribution in [3.05, 3.63) is 28.2 Å². The van der Waals surface area contributed by atoms with Crippen molar-refractivity contribution in [3.63, 3.8) is 0 Å². The van der Waals surface area contributed by atoms with Gasteiger partial charge in [-0.2, -0.15) is 0 Å². The predicted octanol–water partition coefficient (Wildman–Crippen LogP) is 3.25. The Kier molecular flexibility index (Phi) is 6.18. The SMILES string of the molecule is O=C(COC(=O)CN1C(=O)[C@@H]2[C@H]3C[C@@H]([C@H](Br)[C@H]3Br)[C@H]2C1=O)Nc1ccc(Cl)c(Cl)c1. The van der Waals surface area contributed by atoms with Gasteiger partial charge in [0, 0.05) is 15.3 Å². The van der Waals surface area contributed by atoms with Crippen LogP contribution in [0.5, 0.6) is 0 Å². The summed E-state index contributed by atoms with van der Waals surface area (Å²) in [7, 11) is 0. The lowest BCUT2D eigenvalue weighted by Gasteiger charge is -2.28. The number of alkyl halides is 2. The maximum atomic E-state index is 12.8. The molecule has 0 radical (unpaired) electrons. The average molecular weight is 583 g/mol. The number of carbonyl (C=O) groups excluding carboxylic acids is 4. The monoisotopic (exact) mass is 580 g/mol. The van der Waals surface area contributed by atoms with Crippen LogP contribution in [0, 0.1) is 23.7 Å². The Labute approximate surface area is 199 Å². The highest BCUT2D eigenvalue weighted by atomic mass is 79.9. The van der Waals surface area contributed by atoms with Crippen molar-refractivity contribution < 1.29 is 23.9 Å². The second-order valence-corrected chi connectivity index (χ2v) is 10.5. The minimum absolute atomic E-state index is 0.0684. The maximum Gasteiger partial charge on any atom is 0.326 e. The summed E-state index contributed by atoms with van der Waals surface area (Å²) in [4.78, 5) is 50.9. The summed E-state index contributed by atoms with van der Waals surface area (Å²) >= 11 is 18.9. The third-order valence-electron chi connectivity index (χ3n) is 5.93. The number of amides is 3. The van der Waals surface area contributed by atoms with Gasteiger partial charge in [0.15, 0.2) is 6.61 Å². The molecule has 1 aromatic carbocycles. The Morgan fingerprint density at radius 3 is 2.23 bits per heavy atom. The lowest BCUT2D eigenvalue weighted by Crippen LogP contribution is -2.38. The van der Waals surface area contributed by atoms with E-state index in [0.717, 1.165) is 11.3 Å². The molecule has 0 spiro atoms. The zero-order valence-electron chi connectivity index (χ0n) is 15.3. The van der Waals surface area contributed by atoms with Crippen molar-refractivity contribution in [1.29, 1.82) is 0 Å². The van der Waals surface area contributed by atoms with Gasteiger partial charge in [-0.05, 0) is 36.5 Å². The van der Waals surface area contributed by atoms with Gasteiger partial charge in [0.05, 0.1) is 21.9 Å². The number of carbonyl (C=O) groups is 4. The molecule has 1 saturated heterocycles. The summed E-state index contributed by atoms with van der Waals surface area (Å²) in [5, 5.41) is 3.14. The first-order valence-corrected chi connectivity index (χ1v) is 11.8. The van der Waals surface area contributed by atoms with E-state index in [0.29, 0.717) is 10.7 Å². The Hall–Kier alpha value is -1.16. The fraction of sp³-hybridized carbons (Fsp3) is 0.474. The second-order valence-electron chi connectivity index (χ2n) is 7.60. The highest BCUT2D eigenvalue weighted by Gasteiger charge is 2.66. The summed E-state index contributed by atoms with van der Waals surface area (Å²) in [5.41, 5.74) is 0.396. The van der Waals surface area contributed by atoms with Crippen LogP contribution in [0.4, 0.5) is 5.69 Å². The van der Waals surface area contributed by atoms with E-state index in [-0.39, 0.29) is 38.3 Å². The molecule has 3 aliphatic rings. The van der Waals surface area contributed by atoms with Gasteiger partial charge in [-0.15, -0.1) is 0 Å². The lowest BCUT2D eigenvalue weighted by molar-refractivity contribution is -0.154. The summed E-state index contributed by atoms with van der Waals surface area (Å²) in [6.07, 6.45) is 0.811. The highest BCUT2D eigenvalue weighted by molar-refractivity contribution is 9.12. The van der Waals surface area contributed by atoms with Crippen molar-refractivity contribution in [2.75, 3.05) is 18.5 Å². The third-order valence-corrected chi connectivity index (χ3v) is 9.88. The Morgan fingerprint density at radius 2 is 1.67 bits per heavy atom. The first-order chi connectivity index (χ1) is 14.2. The van der Waals surface area contributed by atoms with Crippen LogP contribution in [0.3, 0.4) is 0 Å². The third kappa shape index (κ3) is 3.78. The van der Waals surface area contributed by atoms with Crippen molar-refractivity contribution in [1.82, 2.24) is 4.90 Å². The van der Waals surface area contributed by atoms with Gasteiger partial charge in [0.2, 0.25) is 11.8 Å². The van der Waals surface area contributed by atoms with E-state index < -0.39 is 36.9 Å². The van der Waals surface area contributed by atoms with Crippen LogP contribution in [0.1, 0.15) is 6.42 Å². The van der Waals surface area contributed by atoms with Crippen molar-refractivity contribution >= 4 is 84.4 Å². The molecule has 11 heteroatoms. The molecule has 30 heavy (non-hydrogen) atoms. The minimum atomic E-state index is -0.820. The number of imide groups is 1. The molecule has 0 unspecified atom stereocenters. The zero-order valence-corrected chi connectivity index (χ0v) is 20.0. The lowest BCUT2D eigenvalue weighted by atomic mass is 9.81. The normalized spacial score (nSPS) is 31.8. The van der Waals surface area contributed by atoms with Crippen LogP contribution in [-0.4, -0.2) is 51.4 Å². The molecular formula is C19H16Br2Cl2N2O5. The van der Waals surface area contributed by atoms with Crippen LogP contribution in [0.15, 0.2) is 18.2 Å². The summed E-state index contributed by atoms with van der Waals surface area (Å²) in [5.74, 6) is -2.73. The van der Waals surface area contributed by atoms with Crippen LogP contribution in [0.2, 0.25) is 10.0 Å². The van der Waals surface area contributed by atoms with Crippen LogP contribution < -0.4 is 5.32 Å². The highest BCUT2D eigenvalue weighted by Crippen LogP contribution is 2.60. The molecule has 3 amide bonds. The topological polar surface area (TPSA) is 92.8 Å². The number of hydrogen-bond acceptors (Lipinski definition) is 5. The van der Waals surface area contributed by atoms with E-state index in [2.05, 4.69) is 37.2 Å². The molecule has 6 atom stereocenters. The number of nitrogens with one attached hydrogen (secondary N) is 1. The zero-order chi connectivity index (χ0) is 21.7. The number of ether oxygens (including phenoxy) is 1. The van der Waals surface area contributed by atoms with Gasteiger partial charge in [0.1, 0.15) is 6.54 Å². The number of likely N-dealkylation sites (tertiary alicyclic amines) is 1. The van der Waals surface area contributed by atoms with E-state index in [4.69, 9.17) is 27.9 Å². The molecule has 1 N–H and O–H groups in total. The molecule has 1 heterocycles. The first kappa shape index (κ1) is 22.0. The van der Waals surface area contributed by atoms with Gasteiger partial charge < -0.3 is 10.1 Å². The molecule has 7 nitrogen and oxygen atoms in total. The largest absolute Gasteiger partial charge is 0.454 e. The molecule has 1 aliphatic heterocycles. The number of halogens is 4. The summed E-state index contributed by atoms with van der Waals surface area (Å²) < 4.78 is 4.95. The number of esters is 1. The fourth-order valence-corrected chi connectivity index (χ4v) is 6.83. The van der Waals surface area contributed by atoms with Gasteiger partial charge >= 0.3 is 5.97 Å². The standard InChI is InChI=1S/C19H16Br2Cl2N2O5/c20-16-8-4-9(17(16)21)15-14(8)18(28)25(19(15)29)5-13(27)30-6-12(26)24-7-1-2-10(22)11(23)3-7/h1-3,8-9,14-17H,4-6H2,(H,24,26)/t8-,9-,14-,15-,16+,17+/m1/s1. The van der Waals surface area contributed by atoms with E-state index in [9.17, 15) is 19.2 Å². The van der Waals surface area contributed by atoms with Crippen LogP contribution in [0.25, 0.3) is 0 Å². The van der Waals surface area contributed by atoms with Crippen molar-refractivity contribution in [2.45, 2.75) is 16.1 Å². The molecule has 2 saturated carbocycles. The van der Waals surface area contributed by atoms with E-state index in [1.165, 1.54) is 12.1 Å². The Morgan fingerprint density at radius 1 is 1.07 bits per heavy atom. The van der Waals surface area contributed by atoms with Crippen LogP contribution >= 0.6 is 55.1 Å². The number of hydrogen-bond donors (Lipinski definition) is 1. The molecule has 2 bridgehead atoms. The Balaban J connectivity index is 1.31. The van der Waals surface area contributed by atoms with Crippen molar-refractivity contribution in [3.8, 4) is 0 Å². The van der Waals surface area contributed by atoms with E-state index in [1.54, 1.807) is 6.07 Å². The van der Waals surface area contributed by atoms with E-state index in [1.807, 2.05) is 0 Å². The average Bonchev–Trinajstić information content (AvgIpc) is 3.30. The predicted molar refractivity (Wildman–Crippen MR) is 117 cm³/mol. The van der Waals surface area contributed by atoms with Gasteiger partial charge in [-0.1, -0.05) is 55.1 Å². The molecule has 4 rings (SSSR count). The number of anilines is 1. The number of nitrogens with zero attached hydrogens (tertiary/aromatic N) is 1. The van der Waals surface area contributed by atoms with Crippen LogP contribution in [-0.2, 0) is 23.9 Å². The van der Waals surface area contributed by atoms with E-state index >= 15 is 0 Å². The van der Waals surface area contributed by atoms with Gasteiger partial charge in [0.25, 0.3) is 5.91 Å². The quantitative estimate of drug-likeness (QED) is 0.327. The molecule has 160 valence electrons. The second kappa shape index (κ2) is 8.41. The number of rotatable bonds is 5. The molecule has 0 aromatic heterocycles. The first-order valence-electron chi connectivity index (χ1n) is 9.23. The summed E-state index contributed by atoms with van der Waals surface area (Å²) in [6.45, 7) is -1.05. The summed E-state index contributed by atoms with van der Waals surface area (Å²) in [6, 6.07) is 4.54. The number of benzene rings is 1. The molecule has 1 aromatic rings. The van der Waals surface area contributed by atoms with Gasteiger partial charge in [-0.25, -0.2) is 0 Å². The van der Waals surface area contributed by atoms with Gasteiger partial charge in [-0.3, -0.25) is 24.1 Å². The molecule has 2 aliphatic carbocycles. The Bertz CT molecular complexity index is 913. The molecular weight excluding hydrogens is 567 g/mol. The molecule has 3 fully saturated rings. The van der Waals surface area contributed by atoms with Crippen molar-refractivity contribution in [2.24, 2.45) is 23.7 Å². The number of fused-ring (bicyclic) bond motifs is 5. The fourth-order valence-electron chi connectivity index (χ4n) is 4.66. The smallest absolute Gasteiger partial charge is 0.326 e.